The largest absolute Gasteiger partial charge is 0.481 e. The van der Waals surface area contributed by atoms with Crippen molar-refractivity contribution in [3.63, 3.8) is 0 Å². The molecule has 0 aromatic carbocycles. The van der Waals surface area contributed by atoms with Crippen molar-refractivity contribution < 1.29 is 24.9 Å². The fourth-order valence-electron chi connectivity index (χ4n) is 4.52. The van der Waals surface area contributed by atoms with E-state index in [0.29, 0.717) is 12.3 Å². The average molecular weight is 387 g/mol. The van der Waals surface area contributed by atoms with Gasteiger partial charge in [0, 0.05) is 13.5 Å². The number of aliphatic hydroxyl groups is 2. The van der Waals surface area contributed by atoms with Crippen LogP contribution < -0.4 is 0 Å². The molecule has 5 heteroatoms. The molecule has 6 atom stereocenters. The maximum Gasteiger partial charge on any atom is 0.306 e. The summed E-state index contributed by atoms with van der Waals surface area (Å²) in [4.78, 5) is 10.9. The highest BCUT2D eigenvalue weighted by Crippen LogP contribution is 2.40. The van der Waals surface area contributed by atoms with Crippen LogP contribution in [-0.2, 0) is 9.53 Å². The van der Waals surface area contributed by atoms with E-state index in [4.69, 9.17) is 9.84 Å². The molecule has 0 aliphatic heterocycles. The predicted octanol–water partition coefficient (Wildman–Crippen LogP) is 4.39. The highest BCUT2D eigenvalue weighted by atomic mass is 16.5. The fourth-order valence-corrected chi connectivity index (χ4v) is 4.52. The number of ether oxygens (including phenoxy) is 1. The molecule has 1 aliphatic carbocycles. The van der Waals surface area contributed by atoms with Crippen molar-refractivity contribution in [3.8, 4) is 0 Å². The molecular weight excluding hydrogens is 344 g/mol. The third kappa shape index (κ3) is 8.93. The van der Waals surface area contributed by atoms with Gasteiger partial charge in [0.2, 0.25) is 0 Å². The van der Waals surface area contributed by atoms with Crippen molar-refractivity contribution in [2.24, 2.45) is 17.8 Å². The predicted molar refractivity (Wildman–Crippen MR) is 108 cm³/mol. The molecule has 0 aromatic heterocycles. The van der Waals surface area contributed by atoms with Gasteiger partial charge in [-0.1, -0.05) is 52.4 Å². The number of hydrogen-bond donors (Lipinski definition) is 3. The minimum atomic E-state index is -0.721. The van der Waals surface area contributed by atoms with Crippen molar-refractivity contribution in [2.45, 2.75) is 109 Å². The number of carboxylic acid groups (broad SMARTS) is 1. The summed E-state index contributed by atoms with van der Waals surface area (Å²) < 4.78 is 5.63. The van der Waals surface area contributed by atoms with Crippen molar-refractivity contribution in [1.82, 2.24) is 0 Å². The number of unbranched alkanes of at least 4 members (excludes halogenated alkanes) is 4. The maximum atomic E-state index is 10.9. The van der Waals surface area contributed by atoms with E-state index in [0.717, 1.165) is 57.8 Å². The maximum absolute atomic E-state index is 10.9. The third-order valence-corrected chi connectivity index (χ3v) is 6.37. The van der Waals surface area contributed by atoms with Crippen LogP contribution in [0.25, 0.3) is 0 Å². The van der Waals surface area contributed by atoms with Gasteiger partial charge in [0.05, 0.1) is 24.2 Å². The molecule has 0 radical (unpaired) electrons. The quantitative estimate of drug-likeness (QED) is 0.363. The highest BCUT2D eigenvalue weighted by Gasteiger charge is 2.41. The van der Waals surface area contributed by atoms with Gasteiger partial charge in [-0.3, -0.25) is 4.79 Å². The van der Waals surface area contributed by atoms with Crippen LogP contribution in [0.1, 0.15) is 90.9 Å². The summed E-state index contributed by atoms with van der Waals surface area (Å²) in [7, 11) is 1.72. The van der Waals surface area contributed by atoms with Gasteiger partial charge in [-0.05, 0) is 43.9 Å². The van der Waals surface area contributed by atoms with Gasteiger partial charge in [0.1, 0.15) is 0 Å². The smallest absolute Gasteiger partial charge is 0.306 e. The Morgan fingerprint density at radius 2 is 1.74 bits per heavy atom. The lowest BCUT2D eigenvalue weighted by Crippen LogP contribution is -2.25. The van der Waals surface area contributed by atoms with Crippen molar-refractivity contribution in [1.29, 1.82) is 0 Å². The highest BCUT2D eigenvalue weighted by molar-refractivity contribution is 5.69. The number of aliphatic carboxylic acids is 1. The van der Waals surface area contributed by atoms with Gasteiger partial charge >= 0.3 is 5.97 Å². The van der Waals surface area contributed by atoms with E-state index >= 15 is 0 Å². The molecular formula is C22H42O5. The second-order valence-electron chi connectivity index (χ2n) is 8.51. The van der Waals surface area contributed by atoms with Gasteiger partial charge in [-0.2, -0.15) is 0 Å². The van der Waals surface area contributed by atoms with Crippen LogP contribution in [0.3, 0.4) is 0 Å². The normalized spacial score (nSPS) is 27.6. The molecule has 1 saturated carbocycles. The van der Waals surface area contributed by atoms with E-state index < -0.39 is 5.97 Å². The standard InChI is InChI=1S/C22H42O5/c1-4-5-7-11-17(23)13-14-19-18(20(24)15-21(19)27-3)12-9-6-8-10-16(2)22(25)26/h16-21,23-24H,4-15H2,1-3H3,(H,25,26)/t16?,17?,18-,19-,20+,21-/m1/s1. The molecule has 5 nitrogen and oxygen atoms in total. The van der Waals surface area contributed by atoms with E-state index in [9.17, 15) is 15.0 Å². The molecule has 1 rings (SSSR count). The number of methoxy groups -OCH3 is 1. The Hall–Kier alpha value is -0.650. The lowest BCUT2D eigenvalue weighted by Gasteiger charge is -2.26. The zero-order valence-electron chi connectivity index (χ0n) is 17.6. The fraction of sp³-hybridized carbons (Fsp3) is 0.955. The van der Waals surface area contributed by atoms with Crippen molar-refractivity contribution in [3.05, 3.63) is 0 Å². The topological polar surface area (TPSA) is 87.0 Å². The first kappa shape index (κ1) is 24.4. The van der Waals surface area contributed by atoms with Crippen LogP contribution >= 0.6 is 0 Å². The lowest BCUT2D eigenvalue weighted by atomic mass is 9.84. The number of hydrogen-bond acceptors (Lipinski definition) is 4. The zero-order chi connectivity index (χ0) is 20.2. The summed E-state index contributed by atoms with van der Waals surface area (Å²) in [5.74, 6) is -0.456. The van der Waals surface area contributed by atoms with Crippen LogP contribution in [0.2, 0.25) is 0 Å². The first-order valence-electron chi connectivity index (χ1n) is 11.0. The number of carboxylic acids is 1. The minimum Gasteiger partial charge on any atom is -0.481 e. The summed E-state index contributed by atoms with van der Waals surface area (Å²) in [6, 6.07) is 0. The molecule has 1 fully saturated rings. The Morgan fingerprint density at radius 3 is 2.37 bits per heavy atom. The van der Waals surface area contributed by atoms with E-state index in [1.54, 1.807) is 14.0 Å². The molecule has 0 saturated heterocycles. The Morgan fingerprint density at radius 1 is 1.04 bits per heavy atom. The van der Waals surface area contributed by atoms with E-state index in [1.807, 2.05) is 0 Å². The van der Waals surface area contributed by atoms with Crippen LogP contribution in [0, 0.1) is 17.8 Å². The van der Waals surface area contributed by atoms with Crippen LogP contribution in [0.5, 0.6) is 0 Å². The Labute approximate surface area is 165 Å². The Kier molecular flexibility index (Phi) is 12.2. The van der Waals surface area contributed by atoms with E-state index in [-0.39, 0.29) is 30.1 Å². The van der Waals surface area contributed by atoms with Gasteiger partial charge < -0.3 is 20.1 Å². The van der Waals surface area contributed by atoms with Gasteiger partial charge in [-0.25, -0.2) is 0 Å². The first-order valence-corrected chi connectivity index (χ1v) is 11.0. The molecule has 0 heterocycles. The molecule has 27 heavy (non-hydrogen) atoms. The van der Waals surface area contributed by atoms with Gasteiger partial charge in [-0.15, -0.1) is 0 Å². The summed E-state index contributed by atoms with van der Waals surface area (Å²) in [6.07, 6.45) is 10.8. The van der Waals surface area contributed by atoms with E-state index in [2.05, 4.69) is 6.92 Å². The van der Waals surface area contributed by atoms with Crippen LogP contribution in [0.15, 0.2) is 0 Å². The van der Waals surface area contributed by atoms with Crippen LogP contribution in [0.4, 0.5) is 0 Å². The Bertz CT molecular complexity index is 400. The molecule has 160 valence electrons. The molecule has 2 unspecified atom stereocenters. The Balaban J connectivity index is 2.39. The SMILES string of the molecule is CCCCCC(O)CC[C@@H]1[C@@H](CCCCCC(C)C(=O)O)[C@@H](O)C[C@H]1OC. The van der Waals surface area contributed by atoms with Crippen molar-refractivity contribution >= 4 is 5.97 Å². The van der Waals surface area contributed by atoms with Crippen molar-refractivity contribution in [2.75, 3.05) is 7.11 Å². The molecule has 3 N–H and O–H groups in total. The molecule has 0 aromatic rings. The number of carbonyl (C=O) groups is 1. The number of rotatable bonds is 15. The number of aliphatic hydroxyl groups excluding tert-OH is 2. The van der Waals surface area contributed by atoms with Gasteiger partial charge in [0.25, 0.3) is 0 Å². The molecule has 0 amide bonds. The monoisotopic (exact) mass is 386 g/mol. The van der Waals surface area contributed by atoms with Gasteiger partial charge in [0.15, 0.2) is 0 Å². The minimum absolute atomic E-state index is 0.0832. The van der Waals surface area contributed by atoms with Crippen LogP contribution in [-0.4, -0.2) is 46.7 Å². The molecule has 0 spiro atoms. The summed E-state index contributed by atoms with van der Waals surface area (Å²) in [6.45, 7) is 3.93. The van der Waals surface area contributed by atoms with E-state index in [1.165, 1.54) is 12.8 Å². The first-order chi connectivity index (χ1) is 12.9. The molecule has 1 aliphatic rings. The summed E-state index contributed by atoms with van der Waals surface area (Å²) in [5, 5.41) is 29.7. The second kappa shape index (κ2) is 13.5. The zero-order valence-corrected chi connectivity index (χ0v) is 17.6. The average Bonchev–Trinajstić information content (AvgIpc) is 2.94. The second-order valence-corrected chi connectivity index (χ2v) is 8.51. The molecule has 0 bridgehead atoms. The third-order valence-electron chi connectivity index (χ3n) is 6.37. The summed E-state index contributed by atoms with van der Waals surface area (Å²) >= 11 is 0. The summed E-state index contributed by atoms with van der Waals surface area (Å²) in [5.41, 5.74) is 0. The lowest BCUT2D eigenvalue weighted by molar-refractivity contribution is -0.141.